The third-order valence-corrected chi connectivity index (χ3v) is 3.22. The van der Waals surface area contributed by atoms with Crippen LogP contribution in [0.25, 0.3) is 0 Å². The Morgan fingerprint density at radius 2 is 2.05 bits per heavy atom. The highest BCUT2D eigenvalue weighted by Crippen LogP contribution is 2.36. The number of carbonyl (C=O) groups excluding carboxylic acids is 2. The Hall–Kier alpha value is -2.10. The van der Waals surface area contributed by atoms with Crippen molar-refractivity contribution in [3.8, 4) is 0 Å². The fourth-order valence-corrected chi connectivity index (χ4v) is 2.38. The zero-order valence-electron chi connectivity index (χ0n) is 10.7. The molecule has 0 aromatic heterocycles. The predicted molar refractivity (Wildman–Crippen MR) is 69.6 cm³/mol. The smallest absolute Gasteiger partial charge is 0.317 e. The first-order chi connectivity index (χ1) is 9.13. The number of rotatable bonds is 3. The minimum atomic E-state index is -0.792. The van der Waals surface area contributed by atoms with Gasteiger partial charge >= 0.3 is 5.97 Å². The van der Waals surface area contributed by atoms with Crippen LogP contribution in [0.15, 0.2) is 42.2 Å². The summed E-state index contributed by atoms with van der Waals surface area (Å²) in [6.45, 7) is 1.96. The molecule has 0 spiro atoms. The summed E-state index contributed by atoms with van der Waals surface area (Å²) in [5.74, 6) is -2.02. The Morgan fingerprint density at radius 3 is 2.68 bits per heavy atom. The van der Waals surface area contributed by atoms with Gasteiger partial charge in [-0.2, -0.15) is 0 Å². The van der Waals surface area contributed by atoms with E-state index in [0.717, 1.165) is 11.6 Å². The molecule has 100 valence electrons. The zero-order valence-corrected chi connectivity index (χ0v) is 10.7. The molecule has 0 saturated carbocycles. The third-order valence-electron chi connectivity index (χ3n) is 3.22. The largest absolute Gasteiger partial charge is 0.511 e. The number of esters is 1. The van der Waals surface area contributed by atoms with E-state index in [9.17, 15) is 14.7 Å². The van der Waals surface area contributed by atoms with Gasteiger partial charge in [-0.25, -0.2) is 0 Å². The van der Waals surface area contributed by atoms with Crippen molar-refractivity contribution in [3.63, 3.8) is 0 Å². The number of hydrogen-bond acceptors (Lipinski definition) is 4. The molecule has 0 bridgehead atoms. The topological polar surface area (TPSA) is 63.6 Å². The van der Waals surface area contributed by atoms with Crippen LogP contribution in [0, 0.1) is 5.92 Å². The summed E-state index contributed by atoms with van der Waals surface area (Å²) in [6, 6.07) is 9.25. The van der Waals surface area contributed by atoms with Gasteiger partial charge in [0.15, 0.2) is 5.78 Å². The van der Waals surface area contributed by atoms with Crippen molar-refractivity contribution in [1.82, 2.24) is 0 Å². The van der Waals surface area contributed by atoms with Crippen LogP contribution in [-0.4, -0.2) is 23.5 Å². The van der Waals surface area contributed by atoms with Crippen LogP contribution >= 0.6 is 0 Å². The second kappa shape index (κ2) is 5.69. The molecule has 19 heavy (non-hydrogen) atoms. The molecule has 0 aliphatic heterocycles. The molecule has 2 atom stereocenters. The first-order valence-electron chi connectivity index (χ1n) is 6.28. The van der Waals surface area contributed by atoms with E-state index in [-0.39, 0.29) is 30.5 Å². The van der Waals surface area contributed by atoms with E-state index in [1.54, 1.807) is 6.92 Å². The number of allylic oxidation sites excluding steroid dienone is 1. The van der Waals surface area contributed by atoms with E-state index in [0.29, 0.717) is 0 Å². The fourth-order valence-electron chi connectivity index (χ4n) is 2.38. The minimum Gasteiger partial charge on any atom is -0.511 e. The second-order valence-electron chi connectivity index (χ2n) is 4.49. The maximum Gasteiger partial charge on any atom is 0.317 e. The number of hydrogen-bond donors (Lipinski definition) is 1. The lowest BCUT2D eigenvalue weighted by Gasteiger charge is -2.27. The number of aliphatic hydroxyl groups excluding tert-OH is 1. The summed E-state index contributed by atoms with van der Waals surface area (Å²) in [5, 5.41) is 9.91. The maximum atomic E-state index is 12.0. The lowest BCUT2D eigenvalue weighted by molar-refractivity contribution is -0.148. The van der Waals surface area contributed by atoms with Crippen LogP contribution in [0.5, 0.6) is 0 Å². The molecule has 1 N–H and O–H groups in total. The van der Waals surface area contributed by atoms with Gasteiger partial charge in [0, 0.05) is 18.4 Å². The summed E-state index contributed by atoms with van der Waals surface area (Å²) < 4.78 is 4.99. The standard InChI is InChI=1S/C15H16O4/c1-2-19-15(18)14-12(8-11(16)9-13(14)17)10-6-4-3-5-7-10/h3-7,9,12,14,17H,2,8H2,1H3/t12-,14+/m0/s1. The van der Waals surface area contributed by atoms with Crippen molar-refractivity contribution < 1.29 is 19.4 Å². The first kappa shape index (κ1) is 13.3. The summed E-state index contributed by atoms with van der Waals surface area (Å²) in [6.07, 6.45) is 1.33. The quantitative estimate of drug-likeness (QED) is 0.847. The van der Waals surface area contributed by atoms with E-state index in [2.05, 4.69) is 0 Å². The van der Waals surface area contributed by atoms with E-state index >= 15 is 0 Å². The molecule has 1 aromatic carbocycles. The number of benzene rings is 1. The van der Waals surface area contributed by atoms with Gasteiger partial charge < -0.3 is 9.84 Å². The normalized spacial score (nSPS) is 22.8. The third kappa shape index (κ3) is 2.84. The van der Waals surface area contributed by atoms with Crippen molar-refractivity contribution in [1.29, 1.82) is 0 Å². The van der Waals surface area contributed by atoms with E-state index in [4.69, 9.17) is 4.74 Å². The summed E-state index contributed by atoms with van der Waals surface area (Å²) in [4.78, 5) is 23.6. The van der Waals surface area contributed by atoms with Crippen LogP contribution in [-0.2, 0) is 14.3 Å². The SMILES string of the molecule is CCOC(=O)[C@H]1C(O)=CC(=O)C[C@H]1c1ccccc1. The van der Waals surface area contributed by atoms with Crippen molar-refractivity contribution in [3.05, 3.63) is 47.7 Å². The lowest BCUT2D eigenvalue weighted by Crippen LogP contribution is -2.31. The molecule has 1 aliphatic rings. The van der Waals surface area contributed by atoms with Gasteiger partial charge in [0.1, 0.15) is 11.7 Å². The number of aliphatic hydroxyl groups is 1. The van der Waals surface area contributed by atoms with Crippen LogP contribution in [0.3, 0.4) is 0 Å². The molecule has 0 unspecified atom stereocenters. The van der Waals surface area contributed by atoms with E-state index < -0.39 is 11.9 Å². The molecule has 0 heterocycles. The molecule has 4 nitrogen and oxygen atoms in total. The molecule has 1 aromatic rings. The van der Waals surface area contributed by atoms with Gasteiger partial charge in [0.25, 0.3) is 0 Å². The van der Waals surface area contributed by atoms with Gasteiger partial charge in [0.2, 0.25) is 0 Å². The molecule has 0 radical (unpaired) electrons. The molecule has 0 amide bonds. The van der Waals surface area contributed by atoms with Gasteiger partial charge in [-0.3, -0.25) is 9.59 Å². The first-order valence-corrected chi connectivity index (χ1v) is 6.28. The van der Waals surface area contributed by atoms with Crippen molar-refractivity contribution in [2.75, 3.05) is 6.61 Å². The Kier molecular flexibility index (Phi) is 4.00. The van der Waals surface area contributed by atoms with Crippen LogP contribution in [0.2, 0.25) is 0 Å². The number of ether oxygens (including phenoxy) is 1. The van der Waals surface area contributed by atoms with Crippen LogP contribution < -0.4 is 0 Å². The summed E-state index contributed by atoms with van der Waals surface area (Å²) in [7, 11) is 0. The van der Waals surface area contributed by atoms with Crippen molar-refractivity contribution >= 4 is 11.8 Å². The lowest BCUT2D eigenvalue weighted by atomic mass is 9.77. The average molecular weight is 260 g/mol. The molecule has 4 heteroatoms. The Balaban J connectivity index is 2.36. The molecular weight excluding hydrogens is 244 g/mol. The van der Waals surface area contributed by atoms with Gasteiger partial charge in [0.05, 0.1) is 6.61 Å². The predicted octanol–water partition coefficient (Wildman–Crippen LogP) is 2.36. The highest BCUT2D eigenvalue weighted by Gasteiger charge is 2.38. The Bertz CT molecular complexity index is 504. The summed E-state index contributed by atoms with van der Waals surface area (Å²) in [5.41, 5.74) is 0.855. The molecule has 0 saturated heterocycles. The van der Waals surface area contributed by atoms with Gasteiger partial charge in [-0.15, -0.1) is 0 Å². The van der Waals surface area contributed by atoms with Crippen LogP contribution in [0.4, 0.5) is 0 Å². The Morgan fingerprint density at radius 1 is 1.37 bits per heavy atom. The van der Waals surface area contributed by atoms with Crippen LogP contribution in [0.1, 0.15) is 24.8 Å². The molecule has 0 fully saturated rings. The van der Waals surface area contributed by atoms with E-state index in [1.807, 2.05) is 30.3 Å². The van der Waals surface area contributed by atoms with Crippen molar-refractivity contribution in [2.45, 2.75) is 19.3 Å². The monoisotopic (exact) mass is 260 g/mol. The fraction of sp³-hybridized carbons (Fsp3) is 0.333. The van der Waals surface area contributed by atoms with Gasteiger partial charge in [-0.05, 0) is 12.5 Å². The minimum absolute atomic E-state index is 0.174. The average Bonchev–Trinajstić information content (AvgIpc) is 2.39. The highest BCUT2D eigenvalue weighted by molar-refractivity contribution is 5.94. The molecule has 1 aliphatic carbocycles. The van der Waals surface area contributed by atoms with Gasteiger partial charge in [-0.1, -0.05) is 30.3 Å². The maximum absolute atomic E-state index is 12.0. The number of carbonyl (C=O) groups is 2. The zero-order chi connectivity index (χ0) is 13.8. The van der Waals surface area contributed by atoms with E-state index in [1.165, 1.54) is 0 Å². The number of ketones is 1. The second-order valence-corrected chi connectivity index (χ2v) is 4.49. The summed E-state index contributed by atoms with van der Waals surface area (Å²) >= 11 is 0. The molecular formula is C15H16O4. The Labute approximate surface area is 111 Å². The molecule has 2 rings (SSSR count). The highest BCUT2D eigenvalue weighted by atomic mass is 16.5. The van der Waals surface area contributed by atoms with Crippen molar-refractivity contribution in [2.24, 2.45) is 5.92 Å².